The fourth-order valence-electron chi connectivity index (χ4n) is 3.63. The highest BCUT2D eigenvalue weighted by atomic mass is 32.2. The van der Waals surface area contributed by atoms with E-state index in [1.165, 1.54) is 24.5 Å². The van der Waals surface area contributed by atoms with Crippen LogP contribution in [-0.4, -0.2) is 60.6 Å². The molecule has 11 heteroatoms. The van der Waals surface area contributed by atoms with E-state index in [1.807, 2.05) is 0 Å². The molecule has 1 aliphatic heterocycles. The van der Waals surface area contributed by atoms with Gasteiger partial charge in [-0.05, 0) is 61.2 Å². The van der Waals surface area contributed by atoms with Crippen molar-refractivity contribution < 1.29 is 26.4 Å². The number of nitrogens with zero attached hydrogens (tertiary/aromatic N) is 2. The molecule has 0 radical (unpaired) electrons. The average molecular weight is 496 g/mol. The quantitative estimate of drug-likeness (QED) is 0.572. The van der Waals surface area contributed by atoms with Crippen LogP contribution in [0, 0.1) is 0 Å². The Kier molecular flexibility index (Phi) is 7.65. The van der Waals surface area contributed by atoms with E-state index in [4.69, 9.17) is 4.74 Å². The second kappa shape index (κ2) is 10.1. The van der Waals surface area contributed by atoms with Gasteiger partial charge in [0.15, 0.2) is 0 Å². The van der Waals surface area contributed by atoms with Gasteiger partial charge in [-0.2, -0.15) is 4.31 Å². The fraction of sp³-hybridized carbons (Fsp3) is 0.409. The molecule has 1 aliphatic rings. The predicted molar refractivity (Wildman–Crippen MR) is 128 cm³/mol. The van der Waals surface area contributed by atoms with Crippen molar-refractivity contribution in [2.24, 2.45) is 0 Å². The summed E-state index contributed by atoms with van der Waals surface area (Å²) in [4.78, 5) is 12.7. The van der Waals surface area contributed by atoms with Gasteiger partial charge < -0.3 is 10.1 Å². The largest absolute Gasteiger partial charge is 0.496 e. The van der Waals surface area contributed by atoms with Crippen molar-refractivity contribution in [1.82, 2.24) is 4.31 Å². The highest BCUT2D eigenvalue weighted by Crippen LogP contribution is 2.27. The number of anilines is 2. The number of ether oxygens (including phenoxy) is 1. The molecule has 0 atom stereocenters. The van der Waals surface area contributed by atoms with Crippen LogP contribution in [-0.2, 0) is 31.3 Å². The molecule has 1 saturated heterocycles. The number of carbonyl (C=O) groups excluding carboxylic acids is 1. The van der Waals surface area contributed by atoms with Crippen molar-refractivity contribution in [3.05, 3.63) is 48.0 Å². The lowest BCUT2D eigenvalue weighted by molar-refractivity contribution is -0.116. The minimum Gasteiger partial charge on any atom is -0.496 e. The lowest BCUT2D eigenvalue weighted by Gasteiger charge is -2.18. The Morgan fingerprint density at radius 1 is 1.09 bits per heavy atom. The Bertz CT molecular complexity index is 1220. The van der Waals surface area contributed by atoms with E-state index in [2.05, 4.69) is 5.32 Å². The van der Waals surface area contributed by atoms with Gasteiger partial charge in [0.1, 0.15) is 5.75 Å². The first kappa shape index (κ1) is 25.0. The highest BCUT2D eigenvalue weighted by molar-refractivity contribution is 7.92. The van der Waals surface area contributed by atoms with Gasteiger partial charge in [-0.3, -0.25) is 9.10 Å². The molecule has 3 rings (SSSR count). The third-order valence-electron chi connectivity index (χ3n) is 5.57. The van der Waals surface area contributed by atoms with Crippen LogP contribution >= 0.6 is 0 Å². The van der Waals surface area contributed by atoms with E-state index in [1.54, 1.807) is 36.4 Å². The minimum absolute atomic E-state index is 0.0930. The Morgan fingerprint density at radius 2 is 1.79 bits per heavy atom. The van der Waals surface area contributed by atoms with Crippen LogP contribution in [0.5, 0.6) is 5.75 Å². The van der Waals surface area contributed by atoms with Gasteiger partial charge in [0.25, 0.3) is 0 Å². The molecule has 1 fully saturated rings. The first-order valence-electron chi connectivity index (χ1n) is 10.5. The number of hydrogen-bond acceptors (Lipinski definition) is 6. The van der Waals surface area contributed by atoms with E-state index in [-0.39, 0.29) is 23.6 Å². The number of aryl methyl sites for hydroxylation is 1. The van der Waals surface area contributed by atoms with Crippen molar-refractivity contribution in [2.45, 2.75) is 30.6 Å². The standard InChI is InChI=1S/C22H29N3O6S2/c1-24(32(3,27)28)19-8-6-7-18(16-19)23-22(26)12-9-17-15-20(10-11-21(17)31-2)33(29,30)25-13-4-5-14-25/h6-8,10-11,15-16H,4-5,9,12-14H2,1-3H3,(H,23,26). The zero-order valence-electron chi connectivity index (χ0n) is 18.9. The van der Waals surface area contributed by atoms with Gasteiger partial charge in [-0.15, -0.1) is 0 Å². The van der Waals surface area contributed by atoms with E-state index in [9.17, 15) is 21.6 Å². The molecule has 180 valence electrons. The van der Waals surface area contributed by atoms with Gasteiger partial charge in [-0.25, -0.2) is 16.8 Å². The van der Waals surface area contributed by atoms with Crippen molar-refractivity contribution in [3.63, 3.8) is 0 Å². The van der Waals surface area contributed by atoms with Gasteiger partial charge >= 0.3 is 0 Å². The summed E-state index contributed by atoms with van der Waals surface area (Å²) in [6.45, 7) is 1.03. The van der Waals surface area contributed by atoms with Crippen molar-refractivity contribution in [2.75, 3.05) is 43.1 Å². The normalized spacial score (nSPS) is 14.8. The number of hydrogen-bond donors (Lipinski definition) is 1. The Balaban J connectivity index is 1.71. The average Bonchev–Trinajstić information content (AvgIpc) is 3.32. The van der Waals surface area contributed by atoms with Crippen LogP contribution in [0.2, 0.25) is 0 Å². The minimum atomic E-state index is -3.57. The third kappa shape index (κ3) is 6.04. The molecule has 2 aromatic carbocycles. The van der Waals surface area contributed by atoms with Crippen LogP contribution in [0.25, 0.3) is 0 Å². The molecule has 1 amide bonds. The molecule has 0 spiro atoms. The maximum Gasteiger partial charge on any atom is 0.243 e. The van der Waals surface area contributed by atoms with Crippen LogP contribution in [0.15, 0.2) is 47.4 Å². The molecule has 33 heavy (non-hydrogen) atoms. The van der Waals surface area contributed by atoms with Crippen molar-refractivity contribution >= 4 is 37.3 Å². The zero-order chi connectivity index (χ0) is 24.2. The SMILES string of the molecule is COc1ccc(S(=O)(=O)N2CCCC2)cc1CCC(=O)Nc1cccc(N(C)S(C)(=O)=O)c1. The summed E-state index contributed by atoms with van der Waals surface area (Å²) >= 11 is 0. The lowest BCUT2D eigenvalue weighted by Crippen LogP contribution is -2.28. The molecule has 0 aromatic heterocycles. The smallest absolute Gasteiger partial charge is 0.243 e. The number of sulfonamides is 2. The topological polar surface area (TPSA) is 113 Å². The van der Waals surface area contributed by atoms with Gasteiger partial charge in [0.05, 0.1) is 23.9 Å². The summed E-state index contributed by atoms with van der Waals surface area (Å²) in [6.07, 6.45) is 3.17. The van der Waals surface area contributed by atoms with E-state index in [0.717, 1.165) is 23.4 Å². The number of nitrogens with one attached hydrogen (secondary N) is 1. The van der Waals surface area contributed by atoms with Gasteiger partial charge in [0.2, 0.25) is 26.0 Å². The fourth-order valence-corrected chi connectivity index (χ4v) is 5.70. The molecule has 1 N–H and O–H groups in total. The van der Waals surface area contributed by atoms with Crippen LogP contribution in [0.3, 0.4) is 0 Å². The third-order valence-corrected chi connectivity index (χ3v) is 8.67. The van der Waals surface area contributed by atoms with E-state index >= 15 is 0 Å². The molecule has 1 heterocycles. The zero-order valence-corrected chi connectivity index (χ0v) is 20.6. The molecule has 0 aliphatic carbocycles. The summed E-state index contributed by atoms with van der Waals surface area (Å²) in [5.74, 6) is 0.226. The van der Waals surface area contributed by atoms with Crippen molar-refractivity contribution in [3.8, 4) is 5.75 Å². The maximum atomic E-state index is 12.9. The van der Waals surface area contributed by atoms with Crippen molar-refractivity contribution in [1.29, 1.82) is 0 Å². The second-order valence-corrected chi connectivity index (χ2v) is 11.9. The Hall–Kier alpha value is -2.63. The first-order valence-corrected chi connectivity index (χ1v) is 13.8. The molecular formula is C22H29N3O6S2. The molecule has 0 bridgehead atoms. The lowest BCUT2D eigenvalue weighted by atomic mass is 10.1. The summed E-state index contributed by atoms with van der Waals surface area (Å²) in [7, 11) is -4.06. The summed E-state index contributed by atoms with van der Waals surface area (Å²) in [5.41, 5.74) is 1.51. The second-order valence-electron chi connectivity index (χ2n) is 7.91. The summed E-state index contributed by atoms with van der Waals surface area (Å²) < 4.78 is 57.2. The molecule has 0 unspecified atom stereocenters. The van der Waals surface area contributed by atoms with Gasteiger partial charge in [-0.1, -0.05) is 6.07 Å². The molecular weight excluding hydrogens is 466 g/mol. The number of methoxy groups -OCH3 is 1. The summed E-state index contributed by atoms with van der Waals surface area (Å²) in [6, 6.07) is 11.2. The molecule has 9 nitrogen and oxygen atoms in total. The maximum absolute atomic E-state index is 12.9. The van der Waals surface area contributed by atoms with Gasteiger partial charge in [0, 0.05) is 32.2 Å². The predicted octanol–water partition coefficient (Wildman–Crippen LogP) is 2.45. The molecule has 2 aromatic rings. The monoisotopic (exact) mass is 495 g/mol. The number of benzene rings is 2. The van der Waals surface area contributed by atoms with Crippen LogP contribution < -0.4 is 14.4 Å². The number of amides is 1. The van der Waals surface area contributed by atoms with E-state index < -0.39 is 20.0 Å². The van der Waals surface area contributed by atoms with Crippen LogP contribution in [0.4, 0.5) is 11.4 Å². The number of carbonyl (C=O) groups is 1. The Morgan fingerprint density at radius 3 is 2.42 bits per heavy atom. The first-order chi connectivity index (χ1) is 15.5. The Labute approximate surface area is 195 Å². The highest BCUT2D eigenvalue weighted by Gasteiger charge is 2.27. The summed E-state index contributed by atoms with van der Waals surface area (Å²) in [5, 5.41) is 2.76. The van der Waals surface area contributed by atoms with E-state index in [0.29, 0.717) is 35.8 Å². The molecule has 0 saturated carbocycles. The van der Waals surface area contributed by atoms with Crippen LogP contribution in [0.1, 0.15) is 24.8 Å². The number of rotatable bonds is 9.